The average molecular weight is 2020 g/mol. The maximum atomic E-state index is 15.0. The van der Waals surface area contributed by atoms with Crippen LogP contribution < -0.4 is 76.1 Å². The second-order valence-electron chi connectivity index (χ2n) is 29.5. The van der Waals surface area contributed by atoms with E-state index in [1.807, 2.05) is 0 Å². The number of fused-ring (bicyclic) bond motifs is 4. The molecule has 6 aliphatic heterocycles. The van der Waals surface area contributed by atoms with Crippen LogP contribution in [0.1, 0.15) is 100 Å². The maximum Gasteiger partial charge on any atom is 0.386 e. The molecule has 128 heavy (non-hydrogen) atoms. The average Bonchev–Trinajstić information content (AvgIpc) is 1.59. The van der Waals surface area contributed by atoms with Crippen molar-refractivity contribution >= 4 is 180 Å². The van der Waals surface area contributed by atoms with Crippen LogP contribution in [-0.4, -0.2) is 215 Å². The Balaban J connectivity index is 0.623. The number of hydrogen-bond acceptors (Lipinski definition) is 48. The van der Waals surface area contributed by atoms with Crippen molar-refractivity contribution in [3.8, 4) is 0 Å². The Morgan fingerprint density at radius 2 is 0.742 bits per heavy atom. The smallest absolute Gasteiger partial charge is 0.386 e. The highest BCUT2D eigenvalue weighted by Gasteiger charge is 2.49. The molecule has 6 saturated heterocycles. The molecule has 16 heterocycles. The monoisotopic (exact) mass is 2010 g/mol. The number of aromatic nitrogens is 20. The van der Waals surface area contributed by atoms with Gasteiger partial charge in [0, 0.05) is 69.2 Å². The van der Waals surface area contributed by atoms with Gasteiger partial charge >= 0.3 is 24.9 Å². The molecule has 0 spiro atoms. The number of hydrogen-bond donors (Lipinski definition) is 10. The molecule has 16 rings (SSSR count). The van der Waals surface area contributed by atoms with Crippen LogP contribution >= 0.6 is 52.6 Å². The zero-order chi connectivity index (χ0) is 91.2. The molecule has 6 fully saturated rings. The lowest BCUT2D eigenvalue weighted by molar-refractivity contribution is -0.219. The minimum atomic E-state index is -4.95. The van der Waals surface area contributed by atoms with E-state index in [0.29, 0.717) is 0 Å². The van der Waals surface area contributed by atoms with E-state index in [-0.39, 0.29) is 124 Å². The molecular formula is C62H76N24O30P6S6-4. The minimum absolute atomic E-state index is 0.0111. The predicted octanol–water partition coefficient (Wildman–Crippen LogP) is -1.25. The first-order valence-corrected chi connectivity index (χ1v) is 53.7. The Kier molecular flexibility index (Phi) is 27.8. The quantitative estimate of drug-likeness (QED) is 0.0164. The van der Waals surface area contributed by atoms with E-state index in [1.54, 1.807) is 6.92 Å². The third-order valence-electron chi connectivity index (χ3n) is 21.1. The summed E-state index contributed by atoms with van der Waals surface area (Å²) >= 11 is 31.6. The molecule has 0 amide bonds. The molecule has 0 aliphatic carbocycles. The van der Waals surface area contributed by atoms with Crippen LogP contribution in [-0.2, 0) is 146 Å². The number of anilines is 4. The fraction of sp³-hybridized carbons (Fsp3) is 0.548. The molecule has 0 aromatic carbocycles. The summed E-state index contributed by atoms with van der Waals surface area (Å²) < 4.78 is 131. The van der Waals surface area contributed by atoms with Gasteiger partial charge in [-0.05, 0) is 32.1 Å². The van der Waals surface area contributed by atoms with Crippen molar-refractivity contribution in [3.63, 3.8) is 0 Å². The van der Waals surface area contributed by atoms with Crippen molar-refractivity contribution in [3.05, 3.63) is 124 Å². The highest BCUT2D eigenvalue weighted by Crippen LogP contribution is 2.59. The number of nitrogens with two attached hydrogens (primary N) is 4. The first-order valence-electron chi connectivity index (χ1n) is 38.2. The van der Waals surface area contributed by atoms with Crippen molar-refractivity contribution in [2.75, 3.05) is 63.1 Å². The number of rotatable bonds is 35. The fourth-order valence-electron chi connectivity index (χ4n) is 15.1. The molecule has 66 heteroatoms. The van der Waals surface area contributed by atoms with Crippen molar-refractivity contribution in [1.29, 1.82) is 0 Å². The first kappa shape index (κ1) is 94.5. The molecule has 0 bridgehead atoms. The van der Waals surface area contributed by atoms with Crippen LogP contribution in [0.2, 0.25) is 0 Å². The maximum absolute atomic E-state index is 15.0. The van der Waals surface area contributed by atoms with Crippen molar-refractivity contribution < 1.29 is 112 Å². The van der Waals surface area contributed by atoms with E-state index in [4.69, 9.17) is 165 Å². The summed E-state index contributed by atoms with van der Waals surface area (Å²) in [7, 11) is 1.05. The first-order chi connectivity index (χ1) is 60.5. The molecule has 13 N–H and O–H groups in total. The number of nitrogens with zero attached hydrogens (tertiary/aromatic N) is 16. The molecule has 10 aromatic rings. The Morgan fingerprint density at radius 3 is 1.12 bits per heavy atom. The highest BCUT2D eigenvalue weighted by atomic mass is 32.7. The predicted molar refractivity (Wildman–Crippen MR) is 454 cm³/mol. The minimum Gasteiger partial charge on any atom is -0.780 e. The Bertz CT molecular complexity index is 6610. The largest absolute Gasteiger partial charge is 0.780 e. The number of aryl methyl sites for hydroxylation is 2. The Morgan fingerprint density at radius 1 is 0.430 bits per heavy atom. The summed E-state index contributed by atoms with van der Waals surface area (Å²) in [6.45, 7) is -27.0. The number of H-pyrrole nitrogens is 4. The normalized spacial score (nSPS) is 29.1. The van der Waals surface area contributed by atoms with Crippen LogP contribution in [0.15, 0.2) is 79.1 Å². The summed E-state index contributed by atoms with van der Waals surface area (Å²) in [5.74, 6) is -0.610. The zero-order valence-electron chi connectivity index (χ0n) is 66.4. The van der Waals surface area contributed by atoms with Crippen molar-refractivity contribution in [2.24, 2.45) is 0 Å². The van der Waals surface area contributed by atoms with E-state index in [9.17, 15) is 52.9 Å². The molecule has 54 nitrogen and oxygen atoms in total. The van der Waals surface area contributed by atoms with Crippen LogP contribution in [0.5, 0.6) is 0 Å². The van der Waals surface area contributed by atoms with Crippen molar-refractivity contribution in [2.45, 2.75) is 176 Å². The SMILES string of the molecule is CC[C@H]1O[C@@H](n2cc(C)c(=O)[nH]c2=O)C[C@H]1OP([O-])(=S)OC[C@H]1O[C@@H](n2cnc3c(=O)[nH]c(N)nc32)C[C@H]1OP(=O)(S)OC[C@H]1O[C@@H](n2cnc3c(=O)[nH]c(N)nc32)C[C@H]1OP([O-])(=S)OC[C@H]1O[C@@H](n2cnc3c(N)ncnc32)C[C@H]1OP([O-])(=S)OC[C@H]1O[C@@H](n2cnc3c(N)ncnc32)C[C@H]1OP(O)(=S)OC[C@H]1O[C@@H](n2cc(C)c(=O)[nH]c2=O)C[C@H]1OP([O-])(=S)OC. The van der Waals surface area contributed by atoms with Gasteiger partial charge in [-0.25, -0.2) is 54.0 Å². The number of aromatic amines is 4. The van der Waals surface area contributed by atoms with E-state index in [0.717, 1.165) is 22.6 Å². The second-order valence-corrected chi connectivity index (χ2v) is 46.1. The van der Waals surface area contributed by atoms with Gasteiger partial charge in [0.25, 0.3) is 22.2 Å². The fourth-order valence-corrected chi connectivity index (χ4v) is 23.4. The zero-order valence-corrected chi connectivity index (χ0v) is 76.8. The number of ether oxygens (including phenoxy) is 6. The molecule has 6 aliphatic rings. The van der Waals surface area contributed by atoms with Gasteiger partial charge in [0.15, 0.2) is 45.3 Å². The Hall–Kier alpha value is -6.73. The molecule has 10 aromatic heterocycles. The molecule has 694 valence electrons. The second kappa shape index (κ2) is 37.6. The third kappa shape index (κ3) is 20.9. The van der Waals surface area contributed by atoms with Gasteiger partial charge in [-0.2, -0.15) is 9.97 Å². The van der Waals surface area contributed by atoms with Gasteiger partial charge in [-0.1, -0.05) is 66.4 Å². The summed E-state index contributed by atoms with van der Waals surface area (Å²) in [4.78, 5) is 197. The van der Waals surface area contributed by atoms with Gasteiger partial charge in [0.2, 0.25) is 11.9 Å². The van der Waals surface area contributed by atoms with Gasteiger partial charge in [0.1, 0.15) is 125 Å². The van der Waals surface area contributed by atoms with Gasteiger partial charge in [-0.15, -0.1) is 0 Å². The van der Waals surface area contributed by atoms with Gasteiger partial charge < -0.3 is 121 Å². The van der Waals surface area contributed by atoms with Crippen LogP contribution in [0, 0.1) is 13.8 Å². The lowest BCUT2D eigenvalue weighted by atomic mass is 10.1. The summed E-state index contributed by atoms with van der Waals surface area (Å²) in [6, 6.07) is 0. The van der Waals surface area contributed by atoms with Crippen LogP contribution in [0.3, 0.4) is 0 Å². The van der Waals surface area contributed by atoms with Crippen LogP contribution in [0.25, 0.3) is 44.7 Å². The van der Waals surface area contributed by atoms with E-state index < -0.39 is 218 Å². The number of thiol groups is 1. The standard InChI is InChI=1S/C62H80N24O30P6S6/c1-5-27-28(6-39(105-27)81-12-25(2)55(87)79-61(81)91)112-118(94,124)100-17-37-32(10-43(109-37)85-23-73-47-53(85)75-59(65)77-57(47)89)115-122(98,128)104-18-38-33(11-44(110-38)86-24-74-48-54(86)76-60(66)78-58(48)90)116-121(97,127)103-16-36-31(9-42(108-36)84-22-72-46-50(64)68-20-70-52(46)84)114-120(96,126)102-15-35-30(8-41(107-35)83-21-71-45-49(63)67-19-69-51(45)83)113-119(95,125)101-14-34-29(111-117(93,123)99-4)7-40(106-34)82-13-26(3)56(88)80-62(82)92/h12-13,19-24,27-44H,5-11,14-18H2,1-4H3,(H,93,123)(H,94,124)(H,95,125)(H,96,126)(H,97,127)(H,98,128)(H2,63,67,69)(H2,64,68,70)(H,79,87,91)(H,80,88,92)(H3,65,75,77,89)(H3,66,76,78,90)/p-4/t27-,28-,29-,30-,31-,32-,33-,34-,35-,36-,37-,38-,39-,40-,41-,42-,43-,44-,117?,118?,119?,120?,121?,122?/m1/s1. The highest BCUT2D eigenvalue weighted by molar-refractivity contribution is 8.44. The summed E-state index contributed by atoms with van der Waals surface area (Å²) in [5.41, 5.74) is 20.4. The molecule has 0 saturated carbocycles. The van der Waals surface area contributed by atoms with E-state index in [1.165, 1.54) is 76.1 Å². The lowest BCUT2D eigenvalue weighted by Crippen LogP contribution is -2.34. The third-order valence-corrected chi connectivity index (χ3v) is 30.7. The molecule has 6 unspecified atom stereocenters. The number of nitrogen functional groups attached to an aromatic ring is 4. The van der Waals surface area contributed by atoms with Crippen molar-refractivity contribution in [1.82, 2.24) is 97.2 Å². The number of nitrogens with one attached hydrogen (secondary N) is 4. The lowest BCUT2D eigenvalue weighted by Gasteiger charge is -2.35. The topological polar surface area (TPSA) is 724 Å². The molecular weight excluding hydrogens is 1940 g/mol. The summed E-state index contributed by atoms with van der Waals surface area (Å²) in [6.07, 6.45) is -13.8. The van der Waals surface area contributed by atoms with Crippen LogP contribution in [0.4, 0.5) is 23.5 Å². The number of imidazole rings is 4. The Labute approximate surface area is 747 Å². The van der Waals surface area contributed by atoms with E-state index >= 15 is 4.89 Å². The van der Waals surface area contributed by atoms with Gasteiger partial charge in [-0.3, -0.25) is 75.6 Å². The molecule has 24 atom stereocenters. The summed E-state index contributed by atoms with van der Waals surface area (Å²) in [5, 5.41) is 0. The van der Waals surface area contributed by atoms with Gasteiger partial charge in [0.05, 0.1) is 95.0 Å². The van der Waals surface area contributed by atoms with E-state index in [2.05, 4.69) is 82.0 Å². The molecule has 0 radical (unpaired) electrons.